The zero-order valence-electron chi connectivity index (χ0n) is 8.93. The van der Waals surface area contributed by atoms with Crippen molar-refractivity contribution < 1.29 is 9.90 Å². The minimum absolute atomic E-state index is 0.0111. The Labute approximate surface area is 104 Å². The van der Waals surface area contributed by atoms with E-state index in [1.54, 1.807) is 24.4 Å². The van der Waals surface area contributed by atoms with Crippen molar-refractivity contribution in [2.45, 2.75) is 6.42 Å². The van der Waals surface area contributed by atoms with Crippen LogP contribution in [0.5, 0.6) is 0 Å². The van der Waals surface area contributed by atoms with Gasteiger partial charge in [-0.05, 0) is 23.8 Å². The summed E-state index contributed by atoms with van der Waals surface area (Å²) in [7, 11) is 0. The quantitative estimate of drug-likeness (QED) is 0.907. The molecule has 3 nitrogen and oxygen atoms in total. The molecule has 0 radical (unpaired) electrons. The molecule has 0 aliphatic heterocycles. The molecule has 0 spiro atoms. The molecule has 1 aromatic carbocycles. The molecule has 0 bridgehead atoms. The summed E-state index contributed by atoms with van der Waals surface area (Å²) in [6.07, 6.45) is 1.56. The maximum Gasteiger partial charge on any atom is 0.307 e. The average Bonchev–Trinajstić information content (AvgIpc) is 2.29. The van der Waals surface area contributed by atoms with Crippen LogP contribution in [-0.4, -0.2) is 16.1 Å². The van der Waals surface area contributed by atoms with Crippen molar-refractivity contribution in [3.8, 4) is 11.3 Å². The van der Waals surface area contributed by atoms with Gasteiger partial charge in [0, 0.05) is 16.8 Å². The Hall–Kier alpha value is -1.87. The number of aromatic nitrogens is 1. The number of rotatable bonds is 3. The molecule has 0 atom stereocenters. The summed E-state index contributed by atoms with van der Waals surface area (Å²) in [6.45, 7) is 0. The van der Waals surface area contributed by atoms with E-state index in [1.165, 1.54) is 0 Å². The summed E-state index contributed by atoms with van der Waals surface area (Å²) in [5.41, 5.74) is 2.38. The molecular weight excluding hydrogens is 238 g/mol. The number of aliphatic carboxylic acids is 1. The highest BCUT2D eigenvalue weighted by Gasteiger charge is 2.03. The van der Waals surface area contributed by atoms with Crippen LogP contribution in [0.3, 0.4) is 0 Å². The van der Waals surface area contributed by atoms with Gasteiger partial charge in [-0.25, -0.2) is 0 Å². The van der Waals surface area contributed by atoms with Crippen molar-refractivity contribution >= 4 is 17.6 Å². The fourth-order valence-electron chi connectivity index (χ4n) is 1.52. The number of halogens is 1. The molecule has 0 saturated carbocycles. The average molecular weight is 248 g/mol. The van der Waals surface area contributed by atoms with Crippen LogP contribution in [0.2, 0.25) is 5.02 Å². The van der Waals surface area contributed by atoms with Gasteiger partial charge in [0.1, 0.15) is 0 Å². The molecule has 4 heteroatoms. The molecular formula is C13H10ClNO2. The fraction of sp³-hybridized carbons (Fsp3) is 0.0769. The van der Waals surface area contributed by atoms with E-state index in [4.69, 9.17) is 16.7 Å². The molecule has 0 fully saturated rings. The Morgan fingerprint density at radius 1 is 1.29 bits per heavy atom. The Bertz CT molecular complexity index is 537. The van der Waals surface area contributed by atoms with Crippen LogP contribution in [0, 0.1) is 0 Å². The molecule has 0 aliphatic rings. The van der Waals surface area contributed by atoms with E-state index in [2.05, 4.69) is 4.98 Å². The topological polar surface area (TPSA) is 50.2 Å². The normalized spacial score (nSPS) is 10.2. The molecule has 17 heavy (non-hydrogen) atoms. The molecule has 1 heterocycles. The first kappa shape index (κ1) is 11.6. The molecule has 1 aromatic heterocycles. The second kappa shape index (κ2) is 4.97. The first-order chi connectivity index (χ1) is 8.15. The number of carboxylic acid groups (broad SMARTS) is 1. The van der Waals surface area contributed by atoms with E-state index < -0.39 is 5.97 Å². The van der Waals surface area contributed by atoms with Crippen LogP contribution < -0.4 is 0 Å². The summed E-state index contributed by atoms with van der Waals surface area (Å²) in [4.78, 5) is 14.7. The standard InChI is InChI=1S/C13H10ClNO2/c14-11-3-1-2-10(7-11)12-5-4-9(8-15-12)6-13(16)17/h1-5,7-8H,6H2,(H,16,17). The highest BCUT2D eigenvalue weighted by molar-refractivity contribution is 6.30. The number of nitrogens with zero attached hydrogens (tertiary/aromatic N) is 1. The van der Waals surface area contributed by atoms with Gasteiger partial charge in [-0.1, -0.05) is 29.8 Å². The Balaban J connectivity index is 2.26. The molecule has 0 aliphatic carbocycles. The van der Waals surface area contributed by atoms with E-state index in [1.807, 2.05) is 18.2 Å². The monoisotopic (exact) mass is 247 g/mol. The lowest BCUT2D eigenvalue weighted by Crippen LogP contribution is -2.00. The third-order valence-electron chi connectivity index (χ3n) is 2.30. The van der Waals surface area contributed by atoms with E-state index >= 15 is 0 Å². The van der Waals surface area contributed by atoms with Gasteiger partial charge in [0.2, 0.25) is 0 Å². The van der Waals surface area contributed by atoms with Crippen molar-refractivity contribution in [2.75, 3.05) is 0 Å². The number of benzene rings is 1. The summed E-state index contributed by atoms with van der Waals surface area (Å²) < 4.78 is 0. The summed E-state index contributed by atoms with van der Waals surface area (Å²) in [5.74, 6) is -0.859. The summed E-state index contributed by atoms with van der Waals surface area (Å²) in [5, 5.41) is 9.30. The lowest BCUT2D eigenvalue weighted by molar-refractivity contribution is -0.136. The molecule has 1 N–H and O–H groups in total. The minimum Gasteiger partial charge on any atom is -0.481 e. The van der Waals surface area contributed by atoms with E-state index in [0.29, 0.717) is 10.6 Å². The Morgan fingerprint density at radius 3 is 2.71 bits per heavy atom. The zero-order chi connectivity index (χ0) is 12.3. The second-order valence-electron chi connectivity index (χ2n) is 3.63. The fourth-order valence-corrected chi connectivity index (χ4v) is 1.71. The predicted octanol–water partition coefficient (Wildman–Crippen LogP) is 3.03. The van der Waals surface area contributed by atoms with E-state index in [9.17, 15) is 4.79 Å². The molecule has 2 rings (SSSR count). The van der Waals surface area contributed by atoms with Gasteiger partial charge in [0.15, 0.2) is 0 Å². The van der Waals surface area contributed by atoms with Gasteiger partial charge in [0.05, 0.1) is 12.1 Å². The van der Waals surface area contributed by atoms with Crippen molar-refractivity contribution in [3.05, 3.63) is 53.2 Å². The molecule has 2 aromatic rings. The van der Waals surface area contributed by atoms with Crippen LogP contribution in [0.15, 0.2) is 42.6 Å². The highest BCUT2D eigenvalue weighted by Crippen LogP contribution is 2.20. The smallest absolute Gasteiger partial charge is 0.307 e. The third-order valence-corrected chi connectivity index (χ3v) is 2.54. The van der Waals surface area contributed by atoms with Gasteiger partial charge in [-0.15, -0.1) is 0 Å². The molecule has 0 amide bonds. The first-order valence-electron chi connectivity index (χ1n) is 5.08. The summed E-state index contributed by atoms with van der Waals surface area (Å²) >= 11 is 5.89. The highest BCUT2D eigenvalue weighted by atomic mass is 35.5. The lowest BCUT2D eigenvalue weighted by Gasteiger charge is -2.02. The molecule has 0 unspecified atom stereocenters. The number of pyridine rings is 1. The largest absolute Gasteiger partial charge is 0.481 e. The van der Waals surface area contributed by atoms with Gasteiger partial charge in [-0.2, -0.15) is 0 Å². The van der Waals surface area contributed by atoms with Crippen LogP contribution in [-0.2, 0) is 11.2 Å². The van der Waals surface area contributed by atoms with Crippen LogP contribution in [0.1, 0.15) is 5.56 Å². The van der Waals surface area contributed by atoms with E-state index in [0.717, 1.165) is 11.3 Å². The number of hydrogen-bond donors (Lipinski definition) is 1. The van der Waals surface area contributed by atoms with Gasteiger partial charge < -0.3 is 5.11 Å². The van der Waals surface area contributed by atoms with Crippen molar-refractivity contribution in [1.29, 1.82) is 0 Å². The first-order valence-corrected chi connectivity index (χ1v) is 5.45. The lowest BCUT2D eigenvalue weighted by atomic mass is 10.1. The second-order valence-corrected chi connectivity index (χ2v) is 4.07. The maximum atomic E-state index is 10.5. The van der Waals surface area contributed by atoms with Crippen molar-refractivity contribution in [1.82, 2.24) is 4.98 Å². The van der Waals surface area contributed by atoms with Crippen molar-refractivity contribution in [2.24, 2.45) is 0 Å². The SMILES string of the molecule is O=C(O)Cc1ccc(-c2cccc(Cl)c2)nc1. The Kier molecular flexibility index (Phi) is 3.40. The van der Waals surface area contributed by atoms with Crippen LogP contribution >= 0.6 is 11.6 Å². The van der Waals surface area contributed by atoms with Crippen LogP contribution in [0.25, 0.3) is 11.3 Å². The molecule has 86 valence electrons. The number of hydrogen-bond acceptors (Lipinski definition) is 2. The van der Waals surface area contributed by atoms with Gasteiger partial charge >= 0.3 is 5.97 Å². The number of carboxylic acids is 1. The maximum absolute atomic E-state index is 10.5. The van der Waals surface area contributed by atoms with Crippen LogP contribution in [0.4, 0.5) is 0 Å². The zero-order valence-corrected chi connectivity index (χ0v) is 9.69. The molecule has 0 saturated heterocycles. The van der Waals surface area contributed by atoms with E-state index in [-0.39, 0.29) is 6.42 Å². The predicted molar refractivity (Wildman–Crippen MR) is 66.0 cm³/mol. The Morgan fingerprint density at radius 2 is 2.12 bits per heavy atom. The van der Waals surface area contributed by atoms with Gasteiger partial charge in [-0.3, -0.25) is 9.78 Å². The summed E-state index contributed by atoms with van der Waals surface area (Å²) in [6, 6.07) is 10.9. The minimum atomic E-state index is -0.859. The third kappa shape index (κ3) is 3.04. The van der Waals surface area contributed by atoms with Gasteiger partial charge in [0.25, 0.3) is 0 Å². The number of carbonyl (C=O) groups is 1. The van der Waals surface area contributed by atoms with Crippen molar-refractivity contribution in [3.63, 3.8) is 0 Å².